The molecule has 1 fully saturated rings. The largest absolute Gasteiger partial charge is 0.353 e. The van der Waals surface area contributed by atoms with Gasteiger partial charge in [0.15, 0.2) is 0 Å². The number of likely N-dealkylation sites (N-methyl/N-ethyl adjacent to an activating group) is 1. The highest BCUT2D eigenvalue weighted by Crippen LogP contribution is 2.43. The molecule has 30 heavy (non-hydrogen) atoms. The van der Waals surface area contributed by atoms with E-state index in [1.54, 1.807) is 17.7 Å². The number of pyridine rings is 1. The maximum Gasteiger partial charge on any atom is 0.150 e. The lowest BCUT2D eigenvalue weighted by Crippen LogP contribution is -2.46. The zero-order valence-electron chi connectivity index (χ0n) is 17.3. The summed E-state index contributed by atoms with van der Waals surface area (Å²) in [5, 5.41) is 1.28. The maximum absolute atomic E-state index is 5.19. The molecule has 3 aromatic heterocycles. The molecular weight excluding hydrogens is 390 g/mol. The van der Waals surface area contributed by atoms with Crippen LogP contribution in [0.15, 0.2) is 36.7 Å². The predicted octanol–water partition coefficient (Wildman–Crippen LogP) is 4.54. The number of fused-ring (bicyclic) bond motifs is 5. The van der Waals surface area contributed by atoms with E-state index in [1.807, 2.05) is 0 Å². The zero-order valence-corrected chi connectivity index (χ0v) is 18.1. The quantitative estimate of drug-likeness (QED) is 0.492. The van der Waals surface area contributed by atoms with E-state index in [9.17, 15) is 0 Å². The molecule has 0 atom stereocenters. The summed E-state index contributed by atoms with van der Waals surface area (Å²) in [5.41, 5.74) is 6.36. The Kier molecular flexibility index (Phi) is 4.43. The first-order valence-corrected chi connectivity index (χ1v) is 11.8. The average molecular weight is 416 g/mol. The highest BCUT2D eigenvalue weighted by atomic mass is 32.1. The molecule has 0 radical (unpaired) electrons. The number of nitrogens with zero attached hydrogens (tertiary/aromatic N) is 5. The molecule has 1 aliphatic carbocycles. The van der Waals surface area contributed by atoms with Crippen molar-refractivity contribution in [2.24, 2.45) is 0 Å². The van der Waals surface area contributed by atoms with Crippen LogP contribution in [0.25, 0.3) is 31.7 Å². The molecule has 1 aromatic carbocycles. The first-order chi connectivity index (χ1) is 14.8. The minimum atomic E-state index is 1.02. The van der Waals surface area contributed by atoms with Crippen molar-refractivity contribution >= 4 is 37.6 Å². The van der Waals surface area contributed by atoms with Crippen LogP contribution >= 0.6 is 11.3 Å². The Balaban J connectivity index is 1.54. The highest BCUT2D eigenvalue weighted by Gasteiger charge is 2.26. The van der Waals surface area contributed by atoms with Gasteiger partial charge in [-0.05, 0) is 36.9 Å². The summed E-state index contributed by atoms with van der Waals surface area (Å²) in [4.78, 5) is 20.7. The second kappa shape index (κ2) is 7.29. The number of aryl methyl sites for hydroxylation is 1. The molecule has 0 bridgehead atoms. The van der Waals surface area contributed by atoms with Crippen molar-refractivity contribution in [1.82, 2.24) is 19.9 Å². The first kappa shape index (κ1) is 18.2. The van der Waals surface area contributed by atoms with Gasteiger partial charge in [-0.2, -0.15) is 0 Å². The summed E-state index contributed by atoms with van der Waals surface area (Å²) in [6, 6.07) is 10.6. The molecule has 0 unspecified atom stereocenters. The molecule has 0 spiro atoms. The van der Waals surface area contributed by atoms with Crippen LogP contribution in [-0.4, -0.2) is 52.6 Å². The number of hydrogen-bond donors (Lipinski definition) is 0. The molecule has 1 saturated heterocycles. The van der Waals surface area contributed by atoms with Crippen molar-refractivity contribution in [3.63, 3.8) is 0 Å². The van der Waals surface area contributed by atoms with E-state index in [4.69, 9.17) is 15.0 Å². The van der Waals surface area contributed by atoms with E-state index in [-0.39, 0.29) is 0 Å². The summed E-state index contributed by atoms with van der Waals surface area (Å²) >= 11 is 1.77. The molecule has 0 saturated carbocycles. The fourth-order valence-electron chi connectivity index (χ4n) is 5.02. The van der Waals surface area contributed by atoms with E-state index >= 15 is 0 Å². The van der Waals surface area contributed by atoms with Crippen molar-refractivity contribution in [1.29, 1.82) is 0 Å². The number of piperazine rings is 1. The van der Waals surface area contributed by atoms with Gasteiger partial charge >= 0.3 is 0 Å². The van der Waals surface area contributed by atoms with Gasteiger partial charge in [0.05, 0.1) is 15.9 Å². The van der Waals surface area contributed by atoms with Crippen molar-refractivity contribution in [2.75, 3.05) is 37.6 Å². The molecule has 0 amide bonds. The Morgan fingerprint density at radius 3 is 2.57 bits per heavy atom. The van der Waals surface area contributed by atoms with E-state index in [2.05, 4.69) is 47.1 Å². The lowest BCUT2D eigenvalue weighted by molar-refractivity contribution is 0.271. The van der Waals surface area contributed by atoms with Gasteiger partial charge in [-0.3, -0.25) is 0 Å². The SMILES string of the molecule is CCN1CCN(c2ncnc3c2sc2nc(-c4ccccc4)c4c(c23)CCC4)CC1. The standard InChI is InChI=1S/C24H25N5S/c1-2-28-11-13-29(14-12-28)23-22-21(25-15-26-23)19-17-9-6-10-18(17)20(27-24(19)30-22)16-7-4-3-5-8-16/h3-5,7-8,15H,2,6,9-14H2,1H3. The fraction of sp³-hybridized carbons (Fsp3) is 0.375. The Hall–Kier alpha value is -2.57. The Bertz CT molecular complexity index is 1230. The van der Waals surface area contributed by atoms with Crippen LogP contribution in [-0.2, 0) is 12.8 Å². The van der Waals surface area contributed by atoms with Gasteiger partial charge < -0.3 is 9.80 Å². The van der Waals surface area contributed by atoms with Gasteiger partial charge in [0.25, 0.3) is 0 Å². The molecule has 2 aliphatic rings. The zero-order chi connectivity index (χ0) is 20.1. The molecule has 4 aromatic rings. The van der Waals surface area contributed by atoms with Gasteiger partial charge in [-0.15, -0.1) is 11.3 Å². The molecule has 1 aliphatic heterocycles. The number of thiophene rings is 1. The van der Waals surface area contributed by atoms with Crippen molar-refractivity contribution in [3.05, 3.63) is 47.8 Å². The molecule has 5 nitrogen and oxygen atoms in total. The van der Waals surface area contributed by atoms with E-state index in [0.29, 0.717) is 0 Å². The molecule has 0 N–H and O–H groups in total. The normalized spacial score (nSPS) is 17.2. The lowest BCUT2D eigenvalue weighted by atomic mass is 10.0. The highest BCUT2D eigenvalue weighted by molar-refractivity contribution is 7.26. The molecule has 4 heterocycles. The van der Waals surface area contributed by atoms with Gasteiger partial charge in [-0.1, -0.05) is 37.3 Å². The number of benzene rings is 1. The third kappa shape index (κ3) is 2.81. The molecule has 6 rings (SSSR count). The van der Waals surface area contributed by atoms with Crippen LogP contribution in [0, 0.1) is 0 Å². The third-order valence-electron chi connectivity index (χ3n) is 6.62. The molecule has 6 heteroatoms. The van der Waals surface area contributed by atoms with Gasteiger partial charge in [0.2, 0.25) is 0 Å². The van der Waals surface area contributed by atoms with E-state index in [1.165, 1.54) is 33.2 Å². The summed E-state index contributed by atoms with van der Waals surface area (Å²) in [6.07, 6.45) is 5.18. The second-order valence-corrected chi connectivity index (χ2v) is 9.21. The van der Waals surface area contributed by atoms with Crippen LogP contribution in [0.2, 0.25) is 0 Å². The van der Waals surface area contributed by atoms with Crippen molar-refractivity contribution in [2.45, 2.75) is 26.2 Å². The summed E-state index contributed by atoms with van der Waals surface area (Å²) in [7, 11) is 0. The van der Waals surface area contributed by atoms with Crippen LogP contribution in [0.3, 0.4) is 0 Å². The summed E-state index contributed by atoms with van der Waals surface area (Å²) < 4.78 is 1.20. The minimum Gasteiger partial charge on any atom is -0.353 e. The monoisotopic (exact) mass is 415 g/mol. The van der Waals surface area contributed by atoms with Gasteiger partial charge in [-0.25, -0.2) is 15.0 Å². The van der Waals surface area contributed by atoms with Gasteiger partial charge in [0, 0.05) is 37.1 Å². The Morgan fingerprint density at radius 2 is 1.77 bits per heavy atom. The summed E-state index contributed by atoms with van der Waals surface area (Å²) in [6.45, 7) is 7.59. The predicted molar refractivity (Wildman–Crippen MR) is 125 cm³/mol. The smallest absolute Gasteiger partial charge is 0.150 e. The van der Waals surface area contributed by atoms with Crippen LogP contribution in [0.1, 0.15) is 24.5 Å². The number of aromatic nitrogens is 3. The summed E-state index contributed by atoms with van der Waals surface area (Å²) in [5.74, 6) is 1.09. The first-order valence-electron chi connectivity index (χ1n) is 10.9. The number of anilines is 1. The van der Waals surface area contributed by atoms with E-state index < -0.39 is 0 Å². The van der Waals surface area contributed by atoms with E-state index in [0.717, 1.165) is 67.4 Å². The fourth-order valence-corrected chi connectivity index (χ4v) is 6.20. The van der Waals surface area contributed by atoms with Crippen LogP contribution < -0.4 is 4.90 Å². The van der Waals surface area contributed by atoms with Crippen molar-refractivity contribution < 1.29 is 0 Å². The maximum atomic E-state index is 5.19. The van der Waals surface area contributed by atoms with Crippen LogP contribution in [0.4, 0.5) is 5.82 Å². The molecule has 152 valence electrons. The second-order valence-electron chi connectivity index (χ2n) is 8.22. The lowest BCUT2D eigenvalue weighted by Gasteiger charge is -2.34. The number of rotatable bonds is 3. The number of hydrogen-bond acceptors (Lipinski definition) is 6. The Morgan fingerprint density at radius 1 is 0.967 bits per heavy atom. The average Bonchev–Trinajstić information content (AvgIpc) is 3.43. The Labute approximate surface area is 180 Å². The van der Waals surface area contributed by atoms with Crippen molar-refractivity contribution in [3.8, 4) is 11.3 Å². The van der Waals surface area contributed by atoms with Crippen LogP contribution in [0.5, 0.6) is 0 Å². The molecular formula is C24H25N5S. The minimum absolute atomic E-state index is 1.02. The third-order valence-corrected chi connectivity index (χ3v) is 7.69. The topological polar surface area (TPSA) is 45.2 Å². The van der Waals surface area contributed by atoms with Gasteiger partial charge in [0.1, 0.15) is 17.0 Å².